The largest absolute Gasteiger partial charge is 0.375 e. The summed E-state index contributed by atoms with van der Waals surface area (Å²) in [7, 11) is 0. The maximum Gasteiger partial charge on any atom is 0.333 e. The molecule has 0 fully saturated rings. The molecule has 96 heavy (non-hydrogen) atoms. The summed E-state index contributed by atoms with van der Waals surface area (Å²) < 4.78 is 5.46. The molecule has 0 N–H and O–H groups in total. The summed E-state index contributed by atoms with van der Waals surface area (Å²) in [5.74, 6) is 0. The summed E-state index contributed by atoms with van der Waals surface area (Å²) in [5, 5.41) is 15.2. The predicted molar refractivity (Wildman–Crippen MR) is 405 cm³/mol. The molecule has 0 amide bonds. The summed E-state index contributed by atoms with van der Waals surface area (Å²) in [6.45, 7) is -0.158. The quantitative estimate of drug-likeness (QED) is 0.164. The first-order chi connectivity index (χ1) is 47.6. The second-order valence-corrected chi connectivity index (χ2v) is 28.4. The van der Waals surface area contributed by atoms with Crippen LogP contribution in [-0.4, -0.2) is 22.7 Å². The Kier molecular flexibility index (Phi) is 9.47. The number of nitrogens with zero attached hydrogens (tertiary/aromatic N) is 4. The van der Waals surface area contributed by atoms with Crippen LogP contribution >= 0.6 is 11.8 Å². The van der Waals surface area contributed by atoms with Gasteiger partial charge >= 0.3 is 13.7 Å². The molecule has 0 spiro atoms. The summed E-state index contributed by atoms with van der Waals surface area (Å²) in [6, 6.07) is 117. The molecule has 18 aromatic rings. The Balaban J connectivity index is 0.741. The highest BCUT2D eigenvalue weighted by Gasteiger charge is 2.53. The fraction of sp³-hybridized carbons (Fsp3) is 0.0112. The Bertz CT molecular complexity index is 6630. The van der Waals surface area contributed by atoms with Gasteiger partial charge in [-0.25, -0.2) is 0 Å². The molecular weight excluding hydrogens is 1180 g/mol. The first-order valence-corrected chi connectivity index (χ1v) is 34.4. The van der Waals surface area contributed by atoms with Gasteiger partial charge in [-0.1, -0.05) is 242 Å². The average molecular weight is 1230 g/mol. The molecule has 0 bridgehead atoms. The Hall–Kier alpha value is -11.8. The van der Waals surface area contributed by atoms with E-state index in [0.29, 0.717) is 0 Å². The molecule has 8 heterocycles. The van der Waals surface area contributed by atoms with Crippen molar-refractivity contribution in [1.29, 1.82) is 0 Å². The molecule has 0 radical (unpaired) electrons. The topological polar surface area (TPSA) is 16.3 Å². The van der Waals surface area contributed by atoms with Crippen LogP contribution in [0.2, 0.25) is 0 Å². The number of hydrogen-bond donors (Lipinski definition) is 0. The molecule has 6 aliphatic rings. The Labute approximate surface area is 557 Å². The van der Waals surface area contributed by atoms with Gasteiger partial charge in [0, 0.05) is 81.6 Å². The molecule has 6 aliphatic heterocycles. The highest BCUT2D eigenvalue weighted by Crippen LogP contribution is 2.61. The summed E-state index contributed by atoms with van der Waals surface area (Å²) in [5.41, 5.74) is 30.1. The lowest BCUT2D eigenvalue weighted by molar-refractivity contribution is 0.732. The molecule has 0 aliphatic carbocycles. The Morgan fingerprint density at radius 3 is 1.49 bits per heavy atom. The minimum atomic E-state index is -0.618. The molecule has 0 unspecified atom stereocenters. The molecule has 4 nitrogen and oxygen atoms in total. The number of para-hydroxylation sites is 6. The molecule has 438 valence electrons. The van der Waals surface area contributed by atoms with Crippen LogP contribution in [0.15, 0.2) is 313 Å². The van der Waals surface area contributed by atoms with Crippen LogP contribution in [0, 0.1) is 0 Å². The van der Waals surface area contributed by atoms with Crippen molar-refractivity contribution in [3.8, 4) is 33.4 Å². The summed E-state index contributed by atoms with van der Waals surface area (Å²) >= 11 is 1.90. The van der Waals surface area contributed by atoms with Gasteiger partial charge in [-0.3, -0.25) is 0 Å². The smallest absolute Gasteiger partial charge is 0.333 e. The third-order valence-electron chi connectivity index (χ3n) is 22.9. The number of benzene rings is 16. The zero-order valence-electron chi connectivity index (χ0n) is 51.7. The van der Waals surface area contributed by atoms with Crippen LogP contribution in [0.25, 0.3) is 120 Å². The van der Waals surface area contributed by atoms with Crippen LogP contribution in [0.4, 0.5) is 34.1 Å². The van der Waals surface area contributed by atoms with Crippen molar-refractivity contribution in [3.63, 3.8) is 0 Å². The van der Waals surface area contributed by atoms with Crippen molar-refractivity contribution >= 4 is 168 Å². The number of anilines is 6. The maximum atomic E-state index is 2.74. The molecule has 0 saturated carbocycles. The average Bonchev–Trinajstić information content (AvgIpc) is 1.13. The van der Waals surface area contributed by atoms with E-state index in [2.05, 4.69) is 322 Å². The highest BCUT2D eigenvalue weighted by molar-refractivity contribution is 7.99. The van der Waals surface area contributed by atoms with Crippen molar-refractivity contribution in [1.82, 2.24) is 8.96 Å². The molecule has 16 aromatic carbocycles. The van der Waals surface area contributed by atoms with Crippen molar-refractivity contribution in [2.45, 2.75) is 15.2 Å². The minimum absolute atomic E-state index is 0.0311. The fourth-order valence-electron chi connectivity index (χ4n) is 19.3. The number of rotatable bonds is 3. The van der Waals surface area contributed by atoms with Gasteiger partial charge in [0.2, 0.25) is 0 Å². The second-order valence-electron chi connectivity index (χ2n) is 27.3. The lowest BCUT2D eigenvalue weighted by atomic mass is 9.43. The zero-order valence-corrected chi connectivity index (χ0v) is 52.5. The standard InChI is InChI=1S/C89H50B2N4S/c1-3-22-59(23-4-1)89(60-24-5-2-6-25-60)69-31-11-12-35-73(69)92-78-50-58-44-54(41-42-62(58)82-66-30-15-27-63-67-45-51-19-7-8-20-52(51)47-75(67)94(85(63)66)90(84(78)82)71-33-17-32-70(89)87(71)92)53-39-40-55-48-76-68(46-57(55)43-53)64-28-16-29-65-81-61-26-10-9-21-56(61)49-77-83(81)91(95(76)86(64)65)72-34-18-38-80-88(72)93(77)74-36-13-14-37-79(74)96-80/h1-50H. The maximum absolute atomic E-state index is 2.74. The molecule has 24 rings (SSSR count). The summed E-state index contributed by atoms with van der Waals surface area (Å²) in [4.78, 5) is 7.85. The normalized spacial score (nSPS) is 14.4. The van der Waals surface area contributed by atoms with Crippen molar-refractivity contribution in [2.75, 3.05) is 9.80 Å². The first-order valence-electron chi connectivity index (χ1n) is 33.6. The number of fused-ring (bicyclic) bond motifs is 24. The van der Waals surface area contributed by atoms with Crippen LogP contribution in [0.3, 0.4) is 0 Å². The van der Waals surface area contributed by atoms with Gasteiger partial charge in [0.25, 0.3) is 0 Å². The number of aromatic nitrogens is 2. The van der Waals surface area contributed by atoms with Gasteiger partial charge in [0.05, 0.1) is 22.5 Å². The molecular formula is C89H50B2N4S. The molecule has 7 heteroatoms. The van der Waals surface area contributed by atoms with Gasteiger partial charge in [0.15, 0.2) is 0 Å². The minimum Gasteiger partial charge on any atom is -0.375 e. The van der Waals surface area contributed by atoms with E-state index in [0.717, 1.165) is 0 Å². The second kappa shape index (κ2) is 17.9. The SMILES string of the molecule is c1ccc(C2(c3ccccc3)c3ccccc3N3c4cc5cc(-c6ccc7cc8c(cc7c6)c6cccc7c6n8B6c8cccc9c8N(c8ccccc8S9)c8cc9ccccc9c-7c86)ccc5c5c4B(c4cccc2c43)n2c3cc4ccccc4cc3c3cccc-5c32)cc1. The third kappa shape index (κ3) is 6.10. The van der Waals surface area contributed by atoms with Gasteiger partial charge in [-0.15, -0.1) is 0 Å². The van der Waals surface area contributed by atoms with E-state index >= 15 is 0 Å². The monoisotopic (exact) mass is 1230 g/mol. The molecule has 0 saturated heterocycles. The highest BCUT2D eigenvalue weighted by atomic mass is 32.2. The van der Waals surface area contributed by atoms with E-state index in [9.17, 15) is 0 Å². The number of hydrogen-bond acceptors (Lipinski definition) is 3. The van der Waals surface area contributed by atoms with E-state index in [1.165, 1.54) is 208 Å². The Morgan fingerprint density at radius 1 is 0.292 bits per heavy atom. The molecule has 0 atom stereocenters. The van der Waals surface area contributed by atoms with E-state index < -0.39 is 5.41 Å². The first kappa shape index (κ1) is 50.8. The third-order valence-corrected chi connectivity index (χ3v) is 24.1. The van der Waals surface area contributed by atoms with Crippen LogP contribution < -0.4 is 31.7 Å². The lowest BCUT2D eigenvalue weighted by Crippen LogP contribution is -2.58. The van der Waals surface area contributed by atoms with E-state index in [1.807, 2.05) is 11.8 Å². The predicted octanol–water partition coefficient (Wildman–Crippen LogP) is 20.2. The Morgan fingerprint density at radius 2 is 0.781 bits per heavy atom. The van der Waals surface area contributed by atoms with Crippen molar-refractivity contribution < 1.29 is 0 Å². The lowest BCUT2D eigenvalue weighted by Gasteiger charge is -2.50. The van der Waals surface area contributed by atoms with Crippen LogP contribution in [-0.2, 0) is 5.41 Å². The van der Waals surface area contributed by atoms with Gasteiger partial charge in [-0.05, 0) is 182 Å². The van der Waals surface area contributed by atoms with Crippen LogP contribution in [0.1, 0.15) is 22.3 Å². The van der Waals surface area contributed by atoms with E-state index in [1.54, 1.807) is 0 Å². The van der Waals surface area contributed by atoms with Crippen LogP contribution in [0.5, 0.6) is 0 Å². The van der Waals surface area contributed by atoms with Gasteiger partial charge in [-0.2, -0.15) is 0 Å². The van der Waals surface area contributed by atoms with Gasteiger partial charge in [0.1, 0.15) is 0 Å². The zero-order chi connectivity index (χ0) is 62.0. The van der Waals surface area contributed by atoms with E-state index in [-0.39, 0.29) is 13.7 Å². The van der Waals surface area contributed by atoms with Crippen molar-refractivity contribution in [2.24, 2.45) is 0 Å². The fourth-order valence-corrected chi connectivity index (χ4v) is 20.4. The van der Waals surface area contributed by atoms with E-state index in [4.69, 9.17) is 0 Å². The molecule has 2 aromatic heterocycles. The van der Waals surface area contributed by atoms with Gasteiger partial charge < -0.3 is 18.8 Å². The summed E-state index contributed by atoms with van der Waals surface area (Å²) in [6.07, 6.45) is 0. The van der Waals surface area contributed by atoms with Crippen molar-refractivity contribution in [3.05, 3.63) is 326 Å².